The molecule has 2 rings (SSSR count). The molecule has 0 spiro atoms. The van der Waals surface area contributed by atoms with Gasteiger partial charge in [0.25, 0.3) is 0 Å². The second-order valence-corrected chi connectivity index (χ2v) is 4.70. The van der Waals surface area contributed by atoms with Gasteiger partial charge < -0.3 is 5.11 Å². The molecule has 58 valence electrons. The average molecular weight is 140 g/mol. The van der Waals surface area contributed by atoms with Crippen LogP contribution in [0.5, 0.6) is 0 Å². The topological polar surface area (TPSA) is 20.2 Å². The molecule has 2 aliphatic carbocycles. The van der Waals surface area contributed by atoms with E-state index in [0.717, 1.165) is 12.3 Å². The fourth-order valence-corrected chi connectivity index (χ4v) is 3.02. The summed E-state index contributed by atoms with van der Waals surface area (Å²) in [6.07, 6.45) is 3.73. The Balaban J connectivity index is 2.20. The monoisotopic (exact) mass is 140 g/mol. The molecular formula is C9H16O. The van der Waals surface area contributed by atoms with Crippen molar-refractivity contribution in [2.24, 2.45) is 17.3 Å². The molecule has 0 aromatic carbocycles. The summed E-state index contributed by atoms with van der Waals surface area (Å²) >= 11 is 0. The number of fused-ring (bicyclic) bond motifs is 2. The molecule has 1 heteroatoms. The van der Waals surface area contributed by atoms with Gasteiger partial charge in [0.05, 0.1) is 6.10 Å². The van der Waals surface area contributed by atoms with Crippen molar-refractivity contribution in [3.63, 3.8) is 0 Å². The lowest BCUT2D eigenvalue weighted by molar-refractivity contribution is 0.0430. The zero-order chi connectivity index (χ0) is 7.35. The van der Waals surface area contributed by atoms with Crippen LogP contribution in [-0.4, -0.2) is 11.2 Å². The van der Waals surface area contributed by atoms with Gasteiger partial charge in [-0.25, -0.2) is 0 Å². The average Bonchev–Trinajstić information content (AvgIpc) is 2.18. The first-order chi connectivity index (χ1) is 4.59. The molecule has 0 aromatic heterocycles. The fraction of sp³-hybridized carbons (Fsp3) is 1.00. The molecule has 2 bridgehead atoms. The molecule has 2 saturated carbocycles. The highest BCUT2D eigenvalue weighted by molar-refractivity contribution is 5.00. The Kier molecular flexibility index (Phi) is 1.17. The first-order valence-electron chi connectivity index (χ1n) is 4.28. The molecule has 2 aliphatic rings. The highest BCUT2D eigenvalue weighted by Crippen LogP contribution is 2.55. The molecule has 1 nitrogen and oxygen atoms in total. The summed E-state index contributed by atoms with van der Waals surface area (Å²) in [7, 11) is 0. The third-order valence-corrected chi connectivity index (χ3v) is 3.45. The second-order valence-electron chi connectivity index (χ2n) is 4.70. The SMILES string of the molecule is CC1(C)C[C@@H]2CC(O)[C@H]1C2. The number of aliphatic hydroxyl groups is 1. The van der Waals surface area contributed by atoms with E-state index >= 15 is 0 Å². The predicted molar refractivity (Wildman–Crippen MR) is 40.6 cm³/mol. The summed E-state index contributed by atoms with van der Waals surface area (Å²) in [4.78, 5) is 0. The first kappa shape index (κ1) is 6.66. The van der Waals surface area contributed by atoms with Gasteiger partial charge in [0.1, 0.15) is 0 Å². The molecule has 1 unspecified atom stereocenters. The van der Waals surface area contributed by atoms with Crippen molar-refractivity contribution in [1.29, 1.82) is 0 Å². The van der Waals surface area contributed by atoms with Gasteiger partial charge >= 0.3 is 0 Å². The maximum Gasteiger partial charge on any atom is 0.0576 e. The van der Waals surface area contributed by atoms with Gasteiger partial charge in [0, 0.05) is 0 Å². The summed E-state index contributed by atoms with van der Waals surface area (Å²) in [5.74, 6) is 1.45. The standard InChI is InChI=1S/C9H16O/c1-9(2)5-6-3-7(9)8(10)4-6/h6-8,10H,3-5H2,1-2H3/t6-,7+,8?/m0/s1. The van der Waals surface area contributed by atoms with Gasteiger partial charge in [0.2, 0.25) is 0 Å². The van der Waals surface area contributed by atoms with E-state index in [4.69, 9.17) is 0 Å². The Hall–Kier alpha value is -0.0400. The normalized spacial score (nSPS) is 50.1. The number of rotatable bonds is 0. The number of hydrogen-bond acceptors (Lipinski definition) is 1. The van der Waals surface area contributed by atoms with Crippen LogP contribution in [0.4, 0.5) is 0 Å². The van der Waals surface area contributed by atoms with Crippen molar-refractivity contribution in [2.75, 3.05) is 0 Å². The van der Waals surface area contributed by atoms with Crippen LogP contribution in [0.3, 0.4) is 0 Å². The molecule has 2 fully saturated rings. The van der Waals surface area contributed by atoms with E-state index in [9.17, 15) is 5.11 Å². The van der Waals surface area contributed by atoms with Gasteiger partial charge in [0.15, 0.2) is 0 Å². The van der Waals surface area contributed by atoms with Crippen LogP contribution in [0.2, 0.25) is 0 Å². The van der Waals surface area contributed by atoms with Crippen molar-refractivity contribution < 1.29 is 5.11 Å². The Bertz CT molecular complexity index is 151. The van der Waals surface area contributed by atoms with Gasteiger partial charge in [-0.05, 0) is 36.5 Å². The van der Waals surface area contributed by atoms with Crippen LogP contribution in [0.25, 0.3) is 0 Å². The second kappa shape index (κ2) is 1.76. The predicted octanol–water partition coefficient (Wildman–Crippen LogP) is 1.80. The molecule has 10 heavy (non-hydrogen) atoms. The number of aliphatic hydroxyl groups excluding tert-OH is 1. The van der Waals surface area contributed by atoms with Crippen LogP contribution < -0.4 is 0 Å². The van der Waals surface area contributed by atoms with Crippen LogP contribution in [0, 0.1) is 17.3 Å². The minimum Gasteiger partial charge on any atom is -0.393 e. The molecular weight excluding hydrogens is 124 g/mol. The molecule has 0 aliphatic heterocycles. The summed E-state index contributed by atoms with van der Waals surface area (Å²) in [5.41, 5.74) is 0.433. The van der Waals surface area contributed by atoms with Crippen molar-refractivity contribution in [3.05, 3.63) is 0 Å². The van der Waals surface area contributed by atoms with Crippen LogP contribution >= 0.6 is 0 Å². The third-order valence-electron chi connectivity index (χ3n) is 3.45. The van der Waals surface area contributed by atoms with Crippen molar-refractivity contribution in [2.45, 2.75) is 39.2 Å². The zero-order valence-corrected chi connectivity index (χ0v) is 6.80. The maximum absolute atomic E-state index is 9.55. The van der Waals surface area contributed by atoms with E-state index in [-0.39, 0.29) is 6.10 Å². The lowest BCUT2D eigenvalue weighted by atomic mass is 9.75. The zero-order valence-electron chi connectivity index (χ0n) is 6.80. The molecule has 0 radical (unpaired) electrons. The Morgan fingerprint density at radius 1 is 1.30 bits per heavy atom. The summed E-state index contributed by atoms with van der Waals surface area (Å²) in [5, 5.41) is 9.55. The van der Waals surface area contributed by atoms with Crippen molar-refractivity contribution in [3.8, 4) is 0 Å². The summed E-state index contributed by atoms with van der Waals surface area (Å²) < 4.78 is 0. The Morgan fingerprint density at radius 2 is 2.00 bits per heavy atom. The quantitative estimate of drug-likeness (QED) is 0.544. The molecule has 0 saturated heterocycles. The molecule has 0 aromatic rings. The van der Waals surface area contributed by atoms with Crippen LogP contribution in [-0.2, 0) is 0 Å². The Morgan fingerprint density at radius 3 is 2.30 bits per heavy atom. The van der Waals surface area contributed by atoms with Gasteiger partial charge in [-0.2, -0.15) is 0 Å². The van der Waals surface area contributed by atoms with Crippen LogP contribution in [0.1, 0.15) is 33.1 Å². The summed E-state index contributed by atoms with van der Waals surface area (Å²) in [6.45, 7) is 4.58. The van der Waals surface area contributed by atoms with E-state index in [1.54, 1.807) is 0 Å². The molecule has 1 N–H and O–H groups in total. The van der Waals surface area contributed by atoms with E-state index in [1.807, 2.05) is 0 Å². The Labute approximate surface area is 62.4 Å². The minimum atomic E-state index is 0.0220. The lowest BCUT2D eigenvalue weighted by Crippen LogP contribution is -2.30. The third kappa shape index (κ3) is 0.731. The largest absolute Gasteiger partial charge is 0.393 e. The molecule has 3 atom stereocenters. The van der Waals surface area contributed by atoms with E-state index < -0.39 is 0 Å². The van der Waals surface area contributed by atoms with Crippen molar-refractivity contribution in [1.82, 2.24) is 0 Å². The van der Waals surface area contributed by atoms with E-state index in [1.165, 1.54) is 12.8 Å². The van der Waals surface area contributed by atoms with E-state index in [2.05, 4.69) is 13.8 Å². The summed E-state index contributed by atoms with van der Waals surface area (Å²) in [6, 6.07) is 0. The van der Waals surface area contributed by atoms with Crippen LogP contribution in [0.15, 0.2) is 0 Å². The fourth-order valence-electron chi connectivity index (χ4n) is 3.02. The minimum absolute atomic E-state index is 0.0220. The molecule has 0 amide bonds. The first-order valence-corrected chi connectivity index (χ1v) is 4.28. The van der Waals surface area contributed by atoms with Crippen molar-refractivity contribution >= 4 is 0 Å². The maximum atomic E-state index is 9.55. The highest BCUT2D eigenvalue weighted by Gasteiger charge is 2.49. The molecule has 0 heterocycles. The van der Waals surface area contributed by atoms with Gasteiger partial charge in [-0.15, -0.1) is 0 Å². The lowest BCUT2D eigenvalue weighted by Gasteiger charge is -2.32. The van der Waals surface area contributed by atoms with Gasteiger partial charge in [-0.3, -0.25) is 0 Å². The number of hydrogen-bond donors (Lipinski definition) is 1. The van der Waals surface area contributed by atoms with E-state index in [0.29, 0.717) is 11.3 Å². The highest BCUT2D eigenvalue weighted by atomic mass is 16.3. The van der Waals surface area contributed by atoms with Gasteiger partial charge in [-0.1, -0.05) is 13.8 Å². The smallest absolute Gasteiger partial charge is 0.0576 e.